The van der Waals surface area contributed by atoms with Crippen molar-refractivity contribution in [2.45, 2.75) is 31.6 Å². The summed E-state index contributed by atoms with van der Waals surface area (Å²) in [5.74, 6) is 0.298. The van der Waals surface area contributed by atoms with Crippen LogP contribution in [0.2, 0.25) is 5.02 Å². The predicted octanol–water partition coefficient (Wildman–Crippen LogP) is 4.09. The van der Waals surface area contributed by atoms with Gasteiger partial charge in [-0.3, -0.25) is 4.79 Å². The Morgan fingerprint density at radius 3 is 2.45 bits per heavy atom. The molecule has 6 nitrogen and oxygen atoms in total. The smallest absolute Gasteiger partial charge is 0.243 e. The van der Waals surface area contributed by atoms with Crippen LogP contribution in [0.15, 0.2) is 47.4 Å². The molecule has 0 saturated carbocycles. The fourth-order valence-electron chi connectivity index (χ4n) is 3.36. The Bertz CT molecular complexity index is 969. The van der Waals surface area contributed by atoms with E-state index in [1.807, 2.05) is 19.9 Å². The van der Waals surface area contributed by atoms with Gasteiger partial charge in [0.15, 0.2) is 0 Å². The molecule has 1 heterocycles. The molecular formula is C21H25ClN2O4S. The second-order valence-corrected chi connectivity index (χ2v) is 9.33. The zero-order valence-corrected chi connectivity index (χ0v) is 18.1. The van der Waals surface area contributed by atoms with Gasteiger partial charge in [0.2, 0.25) is 15.9 Å². The van der Waals surface area contributed by atoms with Gasteiger partial charge in [-0.2, -0.15) is 4.31 Å². The highest BCUT2D eigenvalue weighted by molar-refractivity contribution is 7.89. The lowest BCUT2D eigenvalue weighted by Gasteiger charge is -2.30. The van der Waals surface area contributed by atoms with Crippen LogP contribution in [-0.4, -0.2) is 38.3 Å². The molecule has 1 aliphatic heterocycles. The van der Waals surface area contributed by atoms with E-state index < -0.39 is 10.0 Å². The molecule has 0 aliphatic carbocycles. The highest BCUT2D eigenvalue weighted by Crippen LogP contribution is 2.28. The first-order chi connectivity index (χ1) is 13.8. The molecule has 1 fully saturated rings. The van der Waals surface area contributed by atoms with Crippen LogP contribution < -0.4 is 10.1 Å². The number of nitrogens with one attached hydrogen (secondary N) is 1. The van der Waals surface area contributed by atoms with Crippen molar-refractivity contribution in [2.24, 2.45) is 5.92 Å². The predicted molar refractivity (Wildman–Crippen MR) is 114 cm³/mol. The fourth-order valence-corrected chi connectivity index (χ4v) is 5.00. The minimum Gasteiger partial charge on any atom is -0.494 e. The summed E-state index contributed by atoms with van der Waals surface area (Å²) in [5, 5.41) is 3.52. The van der Waals surface area contributed by atoms with Crippen molar-refractivity contribution < 1.29 is 17.9 Å². The Balaban J connectivity index is 1.62. The molecule has 1 aliphatic rings. The first kappa shape index (κ1) is 21.6. The molecular weight excluding hydrogens is 412 g/mol. The summed E-state index contributed by atoms with van der Waals surface area (Å²) in [5.41, 5.74) is 1.50. The SMILES string of the molecule is CCOc1ccc(S(=O)(=O)N2CCC(C(=O)Nc3cccc(Cl)c3C)CC2)cc1. The van der Waals surface area contributed by atoms with E-state index in [1.54, 1.807) is 36.4 Å². The lowest BCUT2D eigenvalue weighted by molar-refractivity contribution is -0.120. The average molecular weight is 437 g/mol. The van der Waals surface area contributed by atoms with Crippen LogP contribution >= 0.6 is 11.6 Å². The van der Waals surface area contributed by atoms with Gasteiger partial charge in [0.05, 0.1) is 11.5 Å². The molecule has 156 valence electrons. The average Bonchev–Trinajstić information content (AvgIpc) is 2.72. The second-order valence-electron chi connectivity index (χ2n) is 6.98. The van der Waals surface area contributed by atoms with Crippen molar-refractivity contribution >= 4 is 33.2 Å². The highest BCUT2D eigenvalue weighted by Gasteiger charge is 2.32. The number of benzene rings is 2. The van der Waals surface area contributed by atoms with Crippen LogP contribution in [0.1, 0.15) is 25.3 Å². The number of amides is 1. The lowest BCUT2D eigenvalue weighted by atomic mass is 9.97. The summed E-state index contributed by atoms with van der Waals surface area (Å²) < 4.78 is 32.6. The van der Waals surface area contributed by atoms with E-state index in [0.29, 0.717) is 49.0 Å². The number of carbonyl (C=O) groups is 1. The number of halogens is 1. The molecule has 2 aromatic rings. The molecule has 0 atom stereocenters. The van der Waals surface area contributed by atoms with Crippen LogP contribution in [0.4, 0.5) is 5.69 Å². The standard InChI is InChI=1S/C21H25ClN2O4S/c1-3-28-17-7-9-18(10-8-17)29(26,27)24-13-11-16(12-14-24)21(25)23-20-6-4-5-19(22)15(20)2/h4-10,16H,3,11-14H2,1-2H3,(H,23,25). The Morgan fingerprint density at radius 1 is 1.17 bits per heavy atom. The maximum atomic E-state index is 12.9. The number of anilines is 1. The summed E-state index contributed by atoms with van der Waals surface area (Å²) in [6, 6.07) is 11.8. The number of hydrogen-bond donors (Lipinski definition) is 1. The molecule has 2 aromatic carbocycles. The Hall–Kier alpha value is -2.09. The number of hydrogen-bond acceptors (Lipinski definition) is 4. The maximum Gasteiger partial charge on any atom is 0.243 e. The second kappa shape index (κ2) is 9.15. The largest absolute Gasteiger partial charge is 0.494 e. The molecule has 1 saturated heterocycles. The highest BCUT2D eigenvalue weighted by atomic mass is 35.5. The molecule has 0 radical (unpaired) electrons. The van der Waals surface area contributed by atoms with Gasteiger partial charge in [0.1, 0.15) is 5.75 Å². The summed E-state index contributed by atoms with van der Waals surface area (Å²) in [7, 11) is -3.59. The van der Waals surface area contributed by atoms with E-state index in [-0.39, 0.29) is 16.7 Å². The zero-order valence-electron chi connectivity index (χ0n) is 16.5. The molecule has 8 heteroatoms. The molecule has 0 unspecified atom stereocenters. The van der Waals surface area contributed by atoms with Gasteiger partial charge < -0.3 is 10.1 Å². The van der Waals surface area contributed by atoms with Crippen molar-refractivity contribution in [1.82, 2.24) is 4.31 Å². The van der Waals surface area contributed by atoms with Gasteiger partial charge in [0, 0.05) is 29.7 Å². The van der Waals surface area contributed by atoms with Crippen molar-refractivity contribution in [3.05, 3.63) is 53.1 Å². The molecule has 29 heavy (non-hydrogen) atoms. The summed E-state index contributed by atoms with van der Waals surface area (Å²) in [6.45, 7) is 4.86. The van der Waals surface area contributed by atoms with Crippen LogP contribution in [0.3, 0.4) is 0 Å². The third-order valence-corrected chi connectivity index (χ3v) is 7.45. The molecule has 1 N–H and O–H groups in total. The third kappa shape index (κ3) is 4.91. The summed E-state index contributed by atoms with van der Waals surface area (Å²) in [4.78, 5) is 12.9. The van der Waals surface area contributed by atoms with Gasteiger partial charge in [-0.05, 0) is 68.7 Å². The Kier molecular flexibility index (Phi) is 6.82. The van der Waals surface area contributed by atoms with Gasteiger partial charge in [0.25, 0.3) is 0 Å². The van der Waals surface area contributed by atoms with E-state index in [2.05, 4.69) is 5.32 Å². The Morgan fingerprint density at radius 2 is 1.83 bits per heavy atom. The number of ether oxygens (including phenoxy) is 1. The van der Waals surface area contributed by atoms with Crippen LogP contribution in [-0.2, 0) is 14.8 Å². The quantitative estimate of drug-likeness (QED) is 0.740. The van der Waals surface area contributed by atoms with Gasteiger partial charge in [-0.1, -0.05) is 17.7 Å². The van der Waals surface area contributed by atoms with E-state index in [4.69, 9.17) is 16.3 Å². The van der Waals surface area contributed by atoms with Crippen LogP contribution in [0.25, 0.3) is 0 Å². The molecule has 0 bridgehead atoms. The van der Waals surface area contributed by atoms with Crippen molar-refractivity contribution in [3.63, 3.8) is 0 Å². The molecule has 0 spiro atoms. The van der Waals surface area contributed by atoms with Gasteiger partial charge >= 0.3 is 0 Å². The Labute approximate surface area is 176 Å². The summed E-state index contributed by atoms with van der Waals surface area (Å²) in [6.07, 6.45) is 0.948. The maximum absolute atomic E-state index is 12.9. The van der Waals surface area contributed by atoms with E-state index in [0.717, 1.165) is 5.56 Å². The van der Waals surface area contributed by atoms with E-state index >= 15 is 0 Å². The lowest BCUT2D eigenvalue weighted by Crippen LogP contribution is -2.41. The third-order valence-electron chi connectivity index (χ3n) is 5.12. The first-order valence-corrected chi connectivity index (χ1v) is 11.4. The molecule has 3 rings (SSSR count). The topological polar surface area (TPSA) is 75.7 Å². The van der Waals surface area contributed by atoms with Crippen LogP contribution in [0, 0.1) is 12.8 Å². The number of rotatable bonds is 6. The number of sulfonamides is 1. The number of nitrogens with zero attached hydrogens (tertiary/aromatic N) is 1. The van der Waals surface area contributed by atoms with E-state index in [9.17, 15) is 13.2 Å². The summed E-state index contributed by atoms with van der Waals surface area (Å²) >= 11 is 6.11. The minimum absolute atomic E-state index is 0.103. The van der Waals surface area contributed by atoms with Crippen molar-refractivity contribution in [3.8, 4) is 5.75 Å². The monoisotopic (exact) mass is 436 g/mol. The van der Waals surface area contributed by atoms with Crippen molar-refractivity contribution in [1.29, 1.82) is 0 Å². The minimum atomic E-state index is -3.59. The zero-order chi connectivity index (χ0) is 21.0. The number of carbonyl (C=O) groups excluding carboxylic acids is 1. The molecule has 0 aromatic heterocycles. The first-order valence-electron chi connectivity index (χ1n) is 9.62. The van der Waals surface area contributed by atoms with Crippen molar-refractivity contribution in [2.75, 3.05) is 25.0 Å². The molecule has 1 amide bonds. The normalized spacial score (nSPS) is 15.8. The fraction of sp³-hybridized carbons (Fsp3) is 0.381. The van der Waals surface area contributed by atoms with Gasteiger partial charge in [-0.15, -0.1) is 0 Å². The number of piperidine rings is 1. The van der Waals surface area contributed by atoms with Crippen LogP contribution in [0.5, 0.6) is 5.75 Å². The van der Waals surface area contributed by atoms with Gasteiger partial charge in [-0.25, -0.2) is 8.42 Å². The van der Waals surface area contributed by atoms with E-state index in [1.165, 1.54) is 4.31 Å².